The van der Waals surface area contributed by atoms with Gasteiger partial charge in [0.15, 0.2) is 5.69 Å². The van der Waals surface area contributed by atoms with Gasteiger partial charge in [-0.25, -0.2) is 0 Å². The van der Waals surface area contributed by atoms with Crippen molar-refractivity contribution in [1.82, 2.24) is 0 Å². The fourth-order valence-electron chi connectivity index (χ4n) is 0.582. The second-order valence-corrected chi connectivity index (χ2v) is 2.27. The SMILES string of the molecule is Cc1ccc(F)c(Cl)[n+]1[O-]. The van der Waals surface area contributed by atoms with Crippen LogP contribution in [0.2, 0.25) is 5.15 Å². The topological polar surface area (TPSA) is 26.9 Å². The van der Waals surface area contributed by atoms with E-state index >= 15 is 0 Å². The second-order valence-electron chi connectivity index (χ2n) is 1.91. The Morgan fingerprint density at radius 1 is 1.60 bits per heavy atom. The molecule has 0 aliphatic heterocycles. The smallest absolute Gasteiger partial charge is 0.322 e. The maximum absolute atomic E-state index is 12.4. The van der Waals surface area contributed by atoms with Gasteiger partial charge in [-0.2, -0.15) is 9.12 Å². The summed E-state index contributed by atoms with van der Waals surface area (Å²) in [6.45, 7) is 1.55. The number of pyridine rings is 1. The minimum atomic E-state index is -0.692. The average Bonchev–Trinajstić information content (AvgIpc) is 1.93. The molecule has 0 N–H and O–H groups in total. The Kier molecular flexibility index (Phi) is 1.76. The number of nitrogens with zero attached hydrogens (tertiary/aromatic N) is 1. The van der Waals surface area contributed by atoms with E-state index in [1.807, 2.05) is 0 Å². The van der Waals surface area contributed by atoms with E-state index in [0.717, 1.165) is 6.07 Å². The third-order valence-corrected chi connectivity index (χ3v) is 1.50. The predicted molar refractivity (Wildman–Crippen MR) is 35.1 cm³/mol. The zero-order valence-corrected chi connectivity index (χ0v) is 6.02. The summed E-state index contributed by atoms with van der Waals surface area (Å²) in [7, 11) is 0. The van der Waals surface area contributed by atoms with Crippen LogP contribution in [0.5, 0.6) is 0 Å². The number of hydrogen-bond donors (Lipinski definition) is 0. The van der Waals surface area contributed by atoms with Gasteiger partial charge >= 0.3 is 5.15 Å². The van der Waals surface area contributed by atoms with Crippen molar-refractivity contribution in [3.63, 3.8) is 0 Å². The van der Waals surface area contributed by atoms with Gasteiger partial charge < -0.3 is 5.21 Å². The van der Waals surface area contributed by atoms with Crippen molar-refractivity contribution in [3.05, 3.63) is 34.0 Å². The molecule has 10 heavy (non-hydrogen) atoms. The summed E-state index contributed by atoms with van der Waals surface area (Å²) in [6, 6.07) is 2.53. The highest BCUT2D eigenvalue weighted by Gasteiger charge is 2.10. The Morgan fingerprint density at radius 3 is 2.70 bits per heavy atom. The van der Waals surface area contributed by atoms with Crippen LogP contribution in [0.25, 0.3) is 0 Å². The second kappa shape index (κ2) is 2.42. The fraction of sp³-hybridized carbons (Fsp3) is 0.167. The lowest BCUT2D eigenvalue weighted by atomic mass is 10.4. The van der Waals surface area contributed by atoms with Gasteiger partial charge in [0.2, 0.25) is 5.82 Å². The minimum Gasteiger partial charge on any atom is -0.617 e. The van der Waals surface area contributed by atoms with Crippen LogP contribution in [-0.4, -0.2) is 0 Å². The van der Waals surface area contributed by atoms with Crippen molar-refractivity contribution >= 4 is 11.6 Å². The van der Waals surface area contributed by atoms with Crippen molar-refractivity contribution < 1.29 is 9.12 Å². The Hall–Kier alpha value is -0.830. The third-order valence-electron chi connectivity index (χ3n) is 1.17. The monoisotopic (exact) mass is 161 g/mol. The van der Waals surface area contributed by atoms with Crippen LogP contribution in [-0.2, 0) is 0 Å². The molecule has 2 nitrogen and oxygen atoms in total. The zero-order chi connectivity index (χ0) is 7.72. The standard InChI is InChI=1S/C6H5ClFNO/c1-4-2-3-5(8)6(7)9(4)10/h2-3H,1H3. The van der Waals surface area contributed by atoms with Crippen molar-refractivity contribution in [2.45, 2.75) is 6.92 Å². The normalized spacial score (nSPS) is 9.90. The van der Waals surface area contributed by atoms with Crippen LogP contribution < -0.4 is 4.73 Å². The number of hydrogen-bond acceptors (Lipinski definition) is 1. The van der Waals surface area contributed by atoms with Crippen molar-refractivity contribution in [1.29, 1.82) is 0 Å². The minimum absolute atomic E-state index is 0.344. The number of rotatable bonds is 0. The van der Waals surface area contributed by atoms with E-state index in [-0.39, 0.29) is 0 Å². The van der Waals surface area contributed by atoms with E-state index in [1.54, 1.807) is 6.92 Å². The number of halogens is 2. The van der Waals surface area contributed by atoms with Gasteiger partial charge in [-0.05, 0) is 17.7 Å². The third kappa shape index (κ3) is 1.04. The summed E-state index contributed by atoms with van der Waals surface area (Å²) >= 11 is 5.26. The van der Waals surface area contributed by atoms with Crippen LogP contribution in [0.3, 0.4) is 0 Å². The molecule has 0 aliphatic carbocycles. The van der Waals surface area contributed by atoms with Crippen molar-refractivity contribution in [3.8, 4) is 0 Å². The summed E-state index contributed by atoms with van der Waals surface area (Å²) in [5.74, 6) is -0.692. The summed E-state index contributed by atoms with van der Waals surface area (Å²) in [5, 5.41) is 10.3. The van der Waals surface area contributed by atoms with Crippen LogP contribution in [0, 0.1) is 17.9 Å². The maximum Gasteiger partial charge on any atom is 0.322 e. The molecule has 0 saturated carbocycles. The lowest BCUT2D eigenvalue weighted by Gasteiger charge is -2.00. The quantitative estimate of drug-likeness (QED) is 0.321. The van der Waals surface area contributed by atoms with Gasteiger partial charge in [0.05, 0.1) is 0 Å². The van der Waals surface area contributed by atoms with Gasteiger partial charge in [0.25, 0.3) is 0 Å². The van der Waals surface area contributed by atoms with Gasteiger partial charge in [0.1, 0.15) is 0 Å². The molecule has 0 saturated heterocycles. The molecule has 0 aromatic carbocycles. The average molecular weight is 162 g/mol. The fourth-order valence-corrected chi connectivity index (χ4v) is 0.778. The first kappa shape index (κ1) is 7.28. The zero-order valence-electron chi connectivity index (χ0n) is 5.27. The summed E-state index contributed by atoms with van der Waals surface area (Å²) in [5.41, 5.74) is 0.381. The van der Waals surface area contributed by atoms with Crippen LogP contribution in [0.1, 0.15) is 5.69 Å². The van der Waals surface area contributed by atoms with Gasteiger partial charge in [-0.1, -0.05) is 0 Å². The van der Waals surface area contributed by atoms with Gasteiger partial charge in [0, 0.05) is 13.0 Å². The first-order valence-corrected chi connectivity index (χ1v) is 3.05. The molecule has 1 heterocycles. The molecule has 0 radical (unpaired) electrons. The molecular weight excluding hydrogens is 157 g/mol. The van der Waals surface area contributed by atoms with E-state index < -0.39 is 11.0 Å². The Labute approximate surface area is 62.4 Å². The maximum atomic E-state index is 12.4. The van der Waals surface area contributed by atoms with E-state index in [0.29, 0.717) is 10.4 Å². The highest BCUT2D eigenvalue weighted by Crippen LogP contribution is 2.08. The molecule has 1 aromatic rings. The molecule has 0 fully saturated rings. The molecule has 0 aliphatic rings. The summed E-state index contributed by atoms with van der Waals surface area (Å²) < 4.78 is 12.8. The Morgan fingerprint density at radius 2 is 2.20 bits per heavy atom. The molecule has 1 rings (SSSR count). The van der Waals surface area contributed by atoms with Crippen molar-refractivity contribution in [2.24, 2.45) is 0 Å². The van der Waals surface area contributed by atoms with E-state index in [2.05, 4.69) is 0 Å². The lowest BCUT2D eigenvalue weighted by molar-refractivity contribution is -0.611. The molecule has 0 unspecified atom stereocenters. The molecule has 1 aromatic heterocycles. The lowest BCUT2D eigenvalue weighted by Crippen LogP contribution is -2.32. The number of aryl methyl sites for hydroxylation is 1. The van der Waals surface area contributed by atoms with Crippen molar-refractivity contribution in [2.75, 3.05) is 0 Å². The summed E-state index contributed by atoms with van der Waals surface area (Å²) in [6.07, 6.45) is 0. The molecule has 0 amide bonds. The molecule has 0 atom stereocenters. The molecule has 0 spiro atoms. The van der Waals surface area contributed by atoms with Crippen LogP contribution in [0.4, 0.5) is 4.39 Å². The van der Waals surface area contributed by atoms with E-state index in [4.69, 9.17) is 11.6 Å². The molecule has 4 heteroatoms. The Bertz CT molecular complexity index is 237. The Balaban J connectivity index is 3.34. The number of aromatic nitrogens is 1. The first-order chi connectivity index (χ1) is 4.63. The highest BCUT2D eigenvalue weighted by molar-refractivity contribution is 6.28. The molecule has 54 valence electrons. The van der Waals surface area contributed by atoms with Crippen LogP contribution >= 0.6 is 11.6 Å². The van der Waals surface area contributed by atoms with Crippen LogP contribution in [0.15, 0.2) is 12.1 Å². The first-order valence-electron chi connectivity index (χ1n) is 2.67. The molecule has 0 bridgehead atoms. The van der Waals surface area contributed by atoms with Gasteiger partial charge in [-0.15, -0.1) is 0 Å². The summed E-state index contributed by atoms with van der Waals surface area (Å²) in [4.78, 5) is 0. The van der Waals surface area contributed by atoms with E-state index in [1.165, 1.54) is 6.07 Å². The highest BCUT2D eigenvalue weighted by atomic mass is 35.5. The largest absolute Gasteiger partial charge is 0.617 e. The predicted octanol–water partition coefficient (Wildman–Crippen LogP) is 1.42. The molecular formula is C6H5ClFNO. The van der Waals surface area contributed by atoms with E-state index in [9.17, 15) is 9.60 Å². The van der Waals surface area contributed by atoms with Gasteiger partial charge in [-0.3, -0.25) is 0 Å².